The number of hydrogen-bond donors (Lipinski definition) is 0. The predicted octanol–water partition coefficient (Wildman–Crippen LogP) is 12.6. The highest BCUT2D eigenvalue weighted by molar-refractivity contribution is 7.26. The van der Waals surface area contributed by atoms with Crippen LogP contribution in [0, 0.1) is 0 Å². The Kier molecular flexibility index (Phi) is 17.1. The number of rotatable bonds is 6. The van der Waals surface area contributed by atoms with Gasteiger partial charge < -0.3 is 9.05 Å². The first-order valence-corrected chi connectivity index (χ1v) is 12.2. The molecule has 0 aromatic carbocycles. The molecule has 320 valence electrons. The third-order valence-electron chi connectivity index (χ3n) is 5.39. The van der Waals surface area contributed by atoms with Gasteiger partial charge in [-0.3, -0.25) is 0 Å². The zero-order chi connectivity index (χ0) is 44.4. The highest BCUT2D eigenvalue weighted by Crippen LogP contribution is 2.63. The fourth-order valence-electron chi connectivity index (χ4n) is 3.05. The second-order valence-electron chi connectivity index (χ2n) is 8.94. The topological polar surface area (TPSA) is 18.5 Å². The minimum atomic E-state index is -8.28. The van der Waals surface area contributed by atoms with Gasteiger partial charge in [0, 0.05) is 30.9 Å². The van der Waals surface area contributed by atoms with Crippen LogP contribution in [0.25, 0.3) is 0 Å². The molecule has 0 N–H and O–H groups in total. The molecular weight excluding hydrogens is 873 g/mol. The fraction of sp³-hybridized carbons (Fsp3) is 0.800. The van der Waals surface area contributed by atoms with Crippen molar-refractivity contribution in [2.75, 3.05) is 14.2 Å². The second-order valence-corrected chi connectivity index (χ2v) is 9.92. The summed E-state index contributed by atoms with van der Waals surface area (Å²) in [7, 11) is 3.40. The van der Waals surface area contributed by atoms with Crippen molar-refractivity contribution in [3.05, 3.63) is 22.3 Å². The summed E-state index contributed by atoms with van der Waals surface area (Å²) in [6, 6.07) is 0. The van der Waals surface area contributed by atoms with Gasteiger partial charge in [0.15, 0.2) is 9.03 Å². The summed E-state index contributed by atoms with van der Waals surface area (Å²) < 4.78 is 383. The number of alkyl halides is 30. The molecule has 0 saturated heterocycles. The highest BCUT2D eigenvalue weighted by atomic mass is 31.1. The average Bonchev–Trinajstić information content (AvgIpc) is 2.83. The Balaban J connectivity index is -0.000000915. The van der Waals surface area contributed by atoms with Gasteiger partial charge in [-0.05, 0) is 13.8 Å². The monoisotopic (exact) mass is 886 g/mol. The molecule has 0 aromatic heterocycles. The van der Waals surface area contributed by atoms with Gasteiger partial charge in [0.1, 0.15) is 5.57 Å². The van der Waals surface area contributed by atoms with E-state index in [4.69, 9.17) is 0 Å². The molecule has 0 saturated carbocycles. The minimum absolute atomic E-state index is 0.198. The standard InChI is InChI=1S/C11H3F19.C7H3F11.C2H7O2P/c1-2(6(14,15)11(28,29)30)3(4(12,7(16,17)18)8(19,20)21)5(13,9(22,23)24)10(25,26)27;1-2(4(8,9)7(16,17)18)3(5(10,11)12)6(13,14)15;1-3-5-4-2/h1H3;1H3;5H,1-2H3. The highest BCUT2D eigenvalue weighted by Gasteiger charge is 2.87. The van der Waals surface area contributed by atoms with Crippen LogP contribution < -0.4 is 0 Å². The van der Waals surface area contributed by atoms with Gasteiger partial charge in [0.05, 0.1) is 0 Å². The number of hydrogen-bond acceptors (Lipinski definition) is 2. The Morgan fingerprint density at radius 3 is 0.623 bits per heavy atom. The lowest BCUT2D eigenvalue weighted by Gasteiger charge is -2.42. The van der Waals surface area contributed by atoms with Crippen molar-refractivity contribution in [1.29, 1.82) is 0 Å². The summed E-state index contributed by atoms with van der Waals surface area (Å²) in [4.78, 5) is 0. The Hall–Kier alpha value is -2.27. The normalized spacial score (nSPS) is 14.8. The quantitative estimate of drug-likeness (QED) is 0.150. The van der Waals surface area contributed by atoms with Crippen molar-refractivity contribution in [3.63, 3.8) is 0 Å². The molecule has 0 amide bonds. The van der Waals surface area contributed by atoms with Crippen molar-refractivity contribution in [2.24, 2.45) is 0 Å². The second kappa shape index (κ2) is 16.4. The van der Waals surface area contributed by atoms with Gasteiger partial charge in [-0.15, -0.1) is 0 Å². The van der Waals surface area contributed by atoms with E-state index in [1.54, 1.807) is 14.2 Å². The van der Waals surface area contributed by atoms with Crippen LogP contribution in [0.5, 0.6) is 0 Å². The van der Waals surface area contributed by atoms with Gasteiger partial charge in [0.25, 0.3) is 0 Å². The van der Waals surface area contributed by atoms with E-state index in [1.165, 1.54) is 0 Å². The largest absolute Gasteiger partial charge is 0.457 e. The van der Waals surface area contributed by atoms with Crippen molar-refractivity contribution < 1.29 is 141 Å². The summed E-state index contributed by atoms with van der Waals surface area (Å²) >= 11 is 0. The smallest absolute Gasteiger partial charge is 0.340 e. The molecule has 0 spiro atoms. The van der Waals surface area contributed by atoms with Crippen LogP contribution in [-0.4, -0.2) is 86.8 Å². The third-order valence-corrected chi connectivity index (χ3v) is 5.72. The molecule has 53 heavy (non-hydrogen) atoms. The predicted molar refractivity (Wildman–Crippen MR) is 114 cm³/mol. The van der Waals surface area contributed by atoms with Crippen LogP contribution in [0.3, 0.4) is 0 Å². The van der Waals surface area contributed by atoms with E-state index < -0.39 is 109 Å². The fourth-order valence-corrected chi connectivity index (χ4v) is 3.22. The van der Waals surface area contributed by atoms with Crippen LogP contribution in [0.4, 0.5) is 132 Å². The maximum Gasteiger partial charge on any atom is 0.457 e. The molecule has 0 radical (unpaired) electrons. The first kappa shape index (κ1) is 55.1. The maximum atomic E-state index is 13.9. The lowest BCUT2D eigenvalue weighted by molar-refractivity contribution is -0.365. The molecule has 0 bridgehead atoms. The van der Waals surface area contributed by atoms with Gasteiger partial charge in [0.2, 0.25) is 0 Å². The van der Waals surface area contributed by atoms with Crippen molar-refractivity contribution in [3.8, 4) is 0 Å². The summed E-state index contributed by atoms with van der Waals surface area (Å²) in [5, 5.41) is 0. The van der Waals surface area contributed by atoms with Crippen molar-refractivity contribution in [1.82, 2.24) is 0 Å². The Bertz CT molecular complexity index is 1160. The summed E-state index contributed by atoms with van der Waals surface area (Å²) in [5.74, 6) is -13.6. The molecule has 0 heterocycles. The Morgan fingerprint density at radius 2 is 0.509 bits per heavy atom. The maximum absolute atomic E-state index is 13.9. The number of halogens is 30. The van der Waals surface area contributed by atoms with Crippen LogP contribution in [0.1, 0.15) is 13.8 Å². The minimum Gasteiger partial charge on any atom is -0.340 e. The molecule has 2 nitrogen and oxygen atoms in total. The van der Waals surface area contributed by atoms with Crippen LogP contribution in [0.2, 0.25) is 0 Å². The molecule has 0 fully saturated rings. The SMILES string of the molecule is CC(=C(C(F)(C(F)(F)F)C(F)(F)F)C(F)(C(F)(F)F)C(F)(F)F)C(F)(F)C(F)(F)F.CC(=C(C(F)(F)F)C(F)(F)F)C(F)(F)C(F)(F)F.COPOC. The van der Waals surface area contributed by atoms with E-state index in [2.05, 4.69) is 9.05 Å². The van der Waals surface area contributed by atoms with E-state index in [0.29, 0.717) is 0 Å². The van der Waals surface area contributed by atoms with E-state index in [0.717, 1.165) is 0 Å². The summed E-state index contributed by atoms with van der Waals surface area (Å²) in [6.07, 6.45) is -59.2. The van der Waals surface area contributed by atoms with Crippen molar-refractivity contribution >= 4 is 9.03 Å². The molecule has 0 unspecified atom stereocenters. The molecular formula is C20H13F30O2P. The zero-order valence-corrected chi connectivity index (χ0v) is 25.7. The molecule has 0 aromatic rings. The van der Waals surface area contributed by atoms with E-state index in [9.17, 15) is 132 Å². The van der Waals surface area contributed by atoms with Crippen molar-refractivity contribution in [2.45, 2.75) is 86.4 Å². The molecule has 0 aliphatic rings. The lowest BCUT2D eigenvalue weighted by atomic mass is 9.76. The first-order chi connectivity index (χ1) is 22.5. The van der Waals surface area contributed by atoms with Crippen LogP contribution in [-0.2, 0) is 9.05 Å². The van der Waals surface area contributed by atoms with Crippen LogP contribution in [0.15, 0.2) is 22.3 Å². The molecule has 0 aliphatic heterocycles. The van der Waals surface area contributed by atoms with Gasteiger partial charge in [-0.25, -0.2) is 8.78 Å². The molecule has 0 rings (SSSR count). The summed E-state index contributed by atoms with van der Waals surface area (Å²) in [6.45, 7) is -2.05. The molecule has 33 heteroatoms. The first-order valence-electron chi connectivity index (χ1n) is 11.4. The molecule has 0 atom stereocenters. The zero-order valence-electron chi connectivity index (χ0n) is 24.7. The van der Waals surface area contributed by atoms with E-state index in [-0.39, 0.29) is 9.03 Å². The Labute approximate surface area is 274 Å². The van der Waals surface area contributed by atoms with E-state index >= 15 is 0 Å². The van der Waals surface area contributed by atoms with Gasteiger partial charge in [-0.1, -0.05) is 0 Å². The summed E-state index contributed by atoms with van der Waals surface area (Å²) in [5.41, 5.74) is -33.7. The average molecular weight is 886 g/mol. The van der Waals surface area contributed by atoms with Gasteiger partial charge >= 0.3 is 72.6 Å². The third kappa shape index (κ3) is 11.9. The number of allylic oxidation sites excluding steroid dienone is 4. The van der Waals surface area contributed by atoms with Crippen LogP contribution >= 0.6 is 9.03 Å². The van der Waals surface area contributed by atoms with Gasteiger partial charge in [-0.2, -0.15) is 123 Å². The Morgan fingerprint density at radius 1 is 0.321 bits per heavy atom. The lowest BCUT2D eigenvalue weighted by Crippen LogP contribution is -2.67. The van der Waals surface area contributed by atoms with E-state index in [1.807, 2.05) is 0 Å². The molecule has 0 aliphatic carbocycles.